The van der Waals surface area contributed by atoms with Gasteiger partial charge in [0.2, 0.25) is 0 Å². The number of carboxylic acids is 1. The summed E-state index contributed by atoms with van der Waals surface area (Å²) in [4.78, 5) is 10.6. The van der Waals surface area contributed by atoms with Crippen molar-refractivity contribution < 1.29 is 23.4 Å². The Balaban J connectivity index is 2.97. The highest BCUT2D eigenvalue weighted by atomic mass is 32.2. The molecule has 3 N–H and O–H groups in total. The highest BCUT2D eigenvalue weighted by molar-refractivity contribution is 7.89. The zero-order valence-electron chi connectivity index (χ0n) is 8.36. The molecule has 0 aromatic carbocycles. The van der Waals surface area contributed by atoms with Crippen LogP contribution in [-0.2, 0) is 21.9 Å². The molecule has 1 unspecified atom stereocenters. The summed E-state index contributed by atoms with van der Waals surface area (Å²) in [5.74, 6) is -1.45. The smallest absolute Gasteiger partial charge is 0.324 e. The van der Waals surface area contributed by atoms with Crippen LogP contribution in [0.3, 0.4) is 0 Å². The average Bonchev–Trinajstić information content (AvgIpc) is 2.61. The van der Waals surface area contributed by atoms with Crippen molar-refractivity contribution in [2.45, 2.75) is 11.1 Å². The van der Waals surface area contributed by atoms with E-state index in [0.29, 0.717) is 0 Å². The summed E-state index contributed by atoms with van der Waals surface area (Å²) in [6.45, 7) is -0.827. The lowest BCUT2D eigenvalue weighted by Crippen LogP contribution is -2.43. The molecule has 1 atom stereocenters. The van der Waals surface area contributed by atoms with Crippen LogP contribution in [-0.4, -0.2) is 47.0 Å². The van der Waals surface area contributed by atoms with Crippen molar-refractivity contribution in [3.05, 3.63) is 12.3 Å². The minimum absolute atomic E-state index is 0.174. The van der Waals surface area contributed by atoms with Gasteiger partial charge in [0.05, 0.1) is 12.8 Å². The predicted octanol–water partition coefficient (Wildman–Crippen LogP) is -1.86. The maximum absolute atomic E-state index is 11.6. The summed E-state index contributed by atoms with van der Waals surface area (Å²) >= 11 is 0. The second kappa shape index (κ2) is 4.60. The zero-order valence-corrected chi connectivity index (χ0v) is 9.18. The lowest BCUT2D eigenvalue weighted by Gasteiger charge is -2.11. The molecule has 0 saturated carbocycles. The van der Waals surface area contributed by atoms with Crippen LogP contribution in [0.1, 0.15) is 0 Å². The van der Waals surface area contributed by atoms with Gasteiger partial charge in [0.25, 0.3) is 10.0 Å². The van der Waals surface area contributed by atoms with Crippen molar-refractivity contribution in [3.8, 4) is 0 Å². The number of aryl methyl sites for hydroxylation is 1. The van der Waals surface area contributed by atoms with Crippen molar-refractivity contribution in [3.63, 3.8) is 0 Å². The zero-order chi connectivity index (χ0) is 12.3. The number of hydrogen-bond acceptors (Lipinski definition) is 5. The topological polar surface area (TPSA) is 122 Å². The van der Waals surface area contributed by atoms with Gasteiger partial charge in [0, 0.05) is 7.05 Å². The molecule has 1 heterocycles. The lowest BCUT2D eigenvalue weighted by molar-refractivity contribution is -0.139. The van der Waals surface area contributed by atoms with E-state index in [1.165, 1.54) is 19.3 Å². The highest BCUT2D eigenvalue weighted by Crippen LogP contribution is 2.06. The number of hydrogen-bond donors (Lipinski definition) is 3. The molecule has 1 aromatic heterocycles. The molecular weight excluding hydrogens is 238 g/mol. The fourth-order valence-electron chi connectivity index (χ4n) is 1.04. The SMILES string of the molecule is Cn1nccc1S(=O)(=O)NC(CO)C(=O)O. The standard InChI is InChI=1S/C7H11N3O5S/c1-10-6(2-3-8-10)16(14,15)9-5(4-11)7(12)13/h2-3,5,9,11H,4H2,1H3,(H,12,13). The Labute approximate surface area is 91.6 Å². The van der Waals surface area contributed by atoms with Crippen LogP contribution in [0, 0.1) is 0 Å². The molecule has 16 heavy (non-hydrogen) atoms. The van der Waals surface area contributed by atoms with Crippen molar-refractivity contribution in [1.29, 1.82) is 0 Å². The van der Waals surface area contributed by atoms with Gasteiger partial charge in [-0.25, -0.2) is 8.42 Å². The molecule has 9 heteroatoms. The first kappa shape index (κ1) is 12.6. The van der Waals surface area contributed by atoms with Crippen molar-refractivity contribution in [2.75, 3.05) is 6.61 Å². The molecule has 8 nitrogen and oxygen atoms in total. The third-order valence-corrected chi connectivity index (χ3v) is 3.38. The van der Waals surface area contributed by atoms with E-state index < -0.39 is 28.6 Å². The van der Waals surface area contributed by atoms with Gasteiger partial charge < -0.3 is 10.2 Å². The van der Waals surface area contributed by atoms with Crippen LogP contribution in [0.5, 0.6) is 0 Å². The normalized spacial score (nSPS) is 13.6. The summed E-state index contributed by atoms with van der Waals surface area (Å²) in [7, 11) is -2.59. The third kappa shape index (κ3) is 2.56. The van der Waals surface area contributed by atoms with Gasteiger partial charge in [-0.2, -0.15) is 9.82 Å². The second-order valence-electron chi connectivity index (χ2n) is 2.99. The van der Waals surface area contributed by atoms with E-state index >= 15 is 0 Å². The molecule has 0 saturated heterocycles. The number of aliphatic carboxylic acids is 1. The molecule has 1 rings (SSSR count). The number of aromatic nitrogens is 2. The summed E-state index contributed by atoms with van der Waals surface area (Å²) < 4.78 is 26.2. The van der Waals surface area contributed by atoms with Crippen LogP contribution in [0.4, 0.5) is 0 Å². The number of aliphatic hydroxyl groups excluding tert-OH is 1. The first-order chi connectivity index (χ1) is 7.38. The van der Waals surface area contributed by atoms with Crippen LogP contribution >= 0.6 is 0 Å². The number of nitrogens with zero attached hydrogens (tertiary/aromatic N) is 2. The van der Waals surface area contributed by atoms with Crippen molar-refractivity contribution >= 4 is 16.0 Å². The van der Waals surface area contributed by atoms with E-state index in [9.17, 15) is 13.2 Å². The number of nitrogens with one attached hydrogen (secondary N) is 1. The van der Waals surface area contributed by atoms with Gasteiger partial charge in [-0.15, -0.1) is 0 Å². The first-order valence-electron chi connectivity index (χ1n) is 4.22. The molecule has 0 radical (unpaired) electrons. The monoisotopic (exact) mass is 249 g/mol. The number of carboxylic acid groups (broad SMARTS) is 1. The van der Waals surface area contributed by atoms with E-state index in [1.807, 2.05) is 4.72 Å². The Kier molecular flexibility index (Phi) is 3.62. The number of carbonyl (C=O) groups is 1. The number of sulfonamides is 1. The summed E-state index contributed by atoms with van der Waals surface area (Å²) in [6, 6.07) is -0.349. The fraction of sp³-hybridized carbons (Fsp3) is 0.429. The van der Waals surface area contributed by atoms with Crippen LogP contribution in [0.15, 0.2) is 17.3 Å². The van der Waals surface area contributed by atoms with Crippen LogP contribution in [0.2, 0.25) is 0 Å². The Hall–Kier alpha value is -1.45. The van der Waals surface area contributed by atoms with Gasteiger partial charge in [-0.3, -0.25) is 9.48 Å². The number of rotatable bonds is 5. The molecular formula is C7H11N3O5S. The van der Waals surface area contributed by atoms with E-state index in [2.05, 4.69) is 5.10 Å². The van der Waals surface area contributed by atoms with E-state index in [-0.39, 0.29) is 5.03 Å². The fourth-order valence-corrected chi connectivity index (χ4v) is 2.34. The average molecular weight is 249 g/mol. The van der Waals surface area contributed by atoms with E-state index in [4.69, 9.17) is 10.2 Å². The van der Waals surface area contributed by atoms with Gasteiger partial charge in [0.1, 0.15) is 6.04 Å². The summed E-state index contributed by atoms with van der Waals surface area (Å²) in [5, 5.41) is 20.8. The molecule has 0 bridgehead atoms. The van der Waals surface area contributed by atoms with Crippen LogP contribution < -0.4 is 4.72 Å². The molecule has 0 amide bonds. The quantitative estimate of drug-likeness (QED) is 0.563. The Morgan fingerprint density at radius 3 is 2.69 bits per heavy atom. The van der Waals surface area contributed by atoms with Gasteiger partial charge >= 0.3 is 5.97 Å². The van der Waals surface area contributed by atoms with Gasteiger partial charge in [-0.05, 0) is 6.07 Å². The van der Waals surface area contributed by atoms with Crippen molar-refractivity contribution in [1.82, 2.24) is 14.5 Å². The van der Waals surface area contributed by atoms with E-state index in [0.717, 1.165) is 4.68 Å². The molecule has 90 valence electrons. The minimum Gasteiger partial charge on any atom is -0.480 e. The third-order valence-electron chi connectivity index (χ3n) is 1.83. The number of aliphatic hydroxyl groups is 1. The molecule has 1 aromatic rings. The maximum atomic E-state index is 11.6. The minimum atomic E-state index is -3.99. The first-order valence-corrected chi connectivity index (χ1v) is 5.71. The molecule has 0 fully saturated rings. The predicted molar refractivity (Wildman–Crippen MR) is 52.0 cm³/mol. The van der Waals surface area contributed by atoms with Gasteiger partial charge in [0.15, 0.2) is 5.03 Å². The van der Waals surface area contributed by atoms with Gasteiger partial charge in [-0.1, -0.05) is 0 Å². The molecule has 0 spiro atoms. The second-order valence-corrected chi connectivity index (χ2v) is 4.65. The lowest BCUT2D eigenvalue weighted by atomic mass is 10.3. The van der Waals surface area contributed by atoms with Crippen LogP contribution in [0.25, 0.3) is 0 Å². The molecule has 0 aliphatic rings. The highest BCUT2D eigenvalue weighted by Gasteiger charge is 2.26. The van der Waals surface area contributed by atoms with E-state index in [1.54, 1.807) is 0 Å². The molecule has 0 aliphatic carbocycles. The Morgan fingerprint density at radius 2 is 2.31 bits per heavy atom. The molecule has 0 aliphatic heterocycles. The Morgan fingerprint density at radius 1 is 1.69 bits per heavy atom. The summed E-state index contributed by atoms with van der Waals surface area (Å²) in [6.07, 6.45) is 1.27. The largest absolute Gasteiger partial charge is 0.480 e. The maximum Gasteiger partial charge on any atom is 0.324 e. The summed E-state index contributed by atoms with van der Waals surface area (Å²) in [5.41, 5.74) is 0. The van der Waals surface area contributed by atoms with Crippen molar-refractivity contribution in [2.24, 2.45) is 7.05 Å². The Bertz CT molecular complexity index is 480.